The molecule has 0 heterocycles. The molecule has 0 radical (unpaired) electrons. The van der Waals surface area contributed by atoms with Crippen molar-refractivity contribution >= 4 is 5.91 Å². The van der Waals surface area contributed by atoms with Crippen LogP contribution in [0, 0.1) is 0 Å². The van der Waals surface area contributed by atoms with E-state index in [0.717, 1.165) is 5.56 Å². The Bertz CT molecular complexity index is 355. The maximum atomic E-state index is 12.1. The summed E-state index contributed by atoms with van der Waals surface area (Å²) in [6.45, 7) is 0.167. The van der Waals surface area contributed by atoms with Crippen molar-refractivity contribution in [3.63, 3.8) is 0 Å². The van der Waals surface area contributed by atoms with Crippen LogP contribution in [0.3, 0.4) is 0 Å². The maximum Gasteiger partial charge on any atom is 0.315 e. The van der Waals surface area contributed by atoms with Crippen LogP contribution in [-0.4, -0.2) is 37.9 Å². The fourth-order valence-electron chi connectivity index (χ4n) is 1.55. The maximum absolute atomic E-state index is 12.1. The Morgan fingerprint density at radius 2 is 1.88 bits per heavy atom. The number of hydrogen-bond donors (Lipinski definition) is 1. The molecule has 1 unspecified atom stereocenters. The molecule has 0 saturated carbocycles. The molecule has 1 N–H and O–H groups in total. The molecule has 0 aliphatic rings. The van der Waals surface area contributed by atoms with E-state index in [1.807, 2.05) is 49.3 Å². The van der Waals surface area contributed by atoms with Crippen LogP contribution in [-0.2, 0) is 4.79 Å². The molecule has 1 rings (SSSR count). The minimum absolute atomic E-state index is 0.112. The highest BCUT2D eigenvalue weighted by atomic mass is 19.3. The molecule has 94 valence electrons. The van der Waals surface area contributed by atoms with Crippen molar-refractivity contribution in [1.29, 1.82) is 0 Å². The first-order valence-electron chi connectivity index (χ1n) is 5.29. The van der Waals surface area contributed by atoms with Crippen molar-refractivity contribution in [2.45, 2.75) is 12.5 Å². The van der Waals surface area contributed by atoms with Gasteiger partial charge in [0.25, 0.3) is 5.91 Å². The van der Waals surface area contributed by atoms with Crippen LogP contribution in [0.5, 0.6) is 0 Å². The lowest BCUT2D eigenvalue weighted by Crippen LogP contribution is -2.37. The zero-order valence-corrected chi connectivity index (χ0v) is 9.86. The van der Waals surface area contributed by atoms with Gasteiger partial charge in [0.2, 0.25) is 0 Å². The molecule has 0 fully saturated rings. The molecule has 1 aromatic carbocycles. The van der Waals surface area contributed by atoms with Crippen molar-refractivity contribution in [3.05, 3.63) is 35.9 Å². The van der Waals surface area contributed by atoms with Gasteiger partial charge in [0.1, 0.15) is 0 Å². The van der Waals surface area contributed by atoms with E-state index in [-0.39, 0.29) is 12.6 Å². The molecule has 17 heavy (non-hydrogen) atoms. The molecule has 0 aliphatic heterocycles. The zero-order valence-electron chi connectivity index (χ0n) is 9.86. The van der Waals surface area contributed by atoms with Gasteiger partial charge in [-0.25, -0.2) is 0 Å². The Hall–Kier alpha value is -1.49. The number of alkyl halides is 2. The van der Waals surface area contributed by atoms with Gasteiger partial charge in [-0.1, -0.05) is 30.3 Å². The fourth-order valence-corrected chi connectivity index (χ4v) is 1.55. The third-order valence-corrected chi connectivity index (χ3v) is 2.48. The van der Waals surface area contributed by atoms with Gasteiger partial charge in [-0.15, -0.1) is 0 Å². The highest BCUT2D eigenvalue weighted by molar-refractivity contribution is 5.79. The van der Waals surface area contributed by atoms with E-state index in [0.29, 0.717) is 0 Å². The number of carbonyl (C=O) groups is 1. The van der Waals surface area contributed by atoms with Gasteiger partial charge in [0.15, 0.2) is 0 Å². The average molecular weight is 242 g/mol. The quantitative estimate of drug-likeness (QED) is 0.851. The van der Waals surface area contributed by atoms with E-state index in [2.05, 4.69) is 5.32 Å². The first-order chi connectivity index (χ1) is 8.02. The molecule has 0 aromatic heterocycles. The van der Waals surface area contributed by atoms with Crippen molar-refractivity contribution in [1.82, 2.24) is 10.2 Å². The van der Waals surface area contributed by atoms with E-state index in [1.165, 1.54) is 0 Å². The molecule has 0 saturated heterocycles. The largest absolute Gasteiger partial charge is 0.349 e. The highest BCUT2D eigenvalue weighted by Gasteiger charge is 2.19. The van der Waals surface area contributed by atoms with Gasteiger partial charge in [-0.05, 0) is 19.7 Å². The smallest absolute Gasteiger partial charge is 0.315 e. The van der Waals surface area contributed by atoms with Crippen LogP contribution in [0.4, 0.5) is 8.78 Å². The fraction of sp³-hybridized carbons (Fsp3) is 0.417. The predicted molar refractivity (Wildman–Crippen MR) is 61.9 cm³/mol. The van der Waals surface area contributed by atoms with Crippen LogP contribution in [0.15, 0.2) is 30.3 Å². The summed E-state index contributed by atoms with van der Waals surface area (Å²) >= 11 is 0. The second kappa shape index (κ2) is 6.30. The minimum Gasteiger partial charge on any atom is -0.349 e. The lowest BCUT2D eigenvalue weighted by Gasteiger charge is -2.25. The number of likely N-dealkylation sites (N-methyl/N-ethyl adjacent to an activating group) is 1. The summed E-state index contributed by atoms with van der Waals surface area (Å²) < 4.78 is 24.1. The molecule has 5 heteroatoms. The van der Waals surface area contributed by atoms with E-state index >= 15 is 0 Å². The molecule has 0 aliphatic carbocycles. The lowest BCUT2D eigenvalue weighted by molar-refractivity contribution is -0.131. The summed E-state index contributed by atoms with van der Waals surface area (Å²) in [5, 5.41) is 2.23. The molecule has 1 aromatic rings. The molecule has 0 bridgehead atoms. The van der Waals surface area contributed by atoms with Gasteiger partial charge < -0.3 is 10.2 Å². The van der Waals surface area contributed by atoms with Gasteiger partial charge in [0.05, 0.1) is 6.04 Å². The molecule has 0 spiro atoms. The normalized spacial score (nSPS) is 12.8. The number of benzene rings is 1. The number of halogens is 2. The number of carbonyl (C=O) groups excluding carboxylic acids is 1. The number of hydrogen-bond acceptors (Lipinski definition) is 2. The zero-order chi connectivity index (χ0) is 12.8. The summed E-state index contributed by atoms with van der Waals surface area (Å²) in [4.78, 5) is 12.7. The second-order valence-corrected chi connectivity index (χ2v) is 3.94. The van der Waals surface area contributed by atoms with E-state index in [4.69, 9.17) is 0 Å². The van der Waals surface area contributed by atoms with E-state index in [1.54, 1.807) is 0 Å². The third-order valence-electron chi connectivity index (χ3n) is 2.48. The summed E-state index contributed by atoms with van der Waals surface area (Å²) in [5.74, 6) is -1.23. The van der Waals surface area contributed by atoms with Crippen LogP contribution < -0.4 is 5.32 Å². The molecule has 1 atom stereocenters. The van der Waals surface area contributed by atoms with Crippen molar-refractivity contribution in [2.24, 2.45) is 0 Å². The second-order valence-electron chi connectivity index (χ2n) is 3.94. The van der Waals surface area contributed by atoms with Crippen LogP contribution in [0.2, 0.25) is 0 Å². The highest BCUT2D eigenvalue weighted by Crippen LogP contribution is 2.16. The number of nitrogens with one attached hydrogen (secondary N) is 1. The standard InChI is InChI=1S/C12H16F2N2O/c1-16(2)10(8-15-12(17)11(13)14)9-6-4-3-5-7-9/h3-7,10-11H,8H2,1-2H3,(H,15,17). The number of nitrogens with zero attached hydrogens (tertiary/aromatic N) is 1. The van der Waals surface area contributed by atoms with Gasteiger partial charge in [0, 0.05) is 6.54 Å². The summed E-state index contributed by atoms with van der Waals surface area (Å²) in [5.41, 5.74) is 0.979. The minimum atomic E-state index is -2.96. The van der Waals surface area contributed by atoms with Gasteiger partial charge in [-0.2, -0.15) is 8.78 Å². The molecular weight excluding hydrogens is 226 g/mol. The monoisotopic (exact) mass is 242 g/mol. The number of amides is 1. The summed E-state index contributed by atoms with van der Waals surface area (Å²) in [6.07, 6.45) is -2.96. The van der Waals surface area contributed by atoms with Crippen LogP contribution >= 0.6 is 0 Å². The Kier molecular flexibility index (Phi) is 5.03. The van der Waals surface area contributed by atoms with Crippen molar-refractivity contribution < 1.29 is 13.6 Å². The number of rotatable bonds is 5. The van der Waals surface area contributed by atoms with Crippen molar-refractivity contribution in [3.8, 4) is 0 Å². The van der Waals surface area contributed by atoms with Crippen molar-refractivity contribution in [2.75, 3.05) is 20.6 Å². The van der Waals surface area contributed by atoms with Crippen LogP contribution in [0.1, 0.15) is 11.6 Å². The van der Waals surface area contributed by atoms with Gasteiger partial charge in [-0.3, -0.25) is 4.79 Å². The lowest BCUT2D eigenvalue weighted by atomic mass is 10.1. The average Bonchev–Trinajstić information content (AvgIpc) is 2.29. The van der Waals surface area contributed by atoms with E-state index < -0.39 is 12.3 Å². The first-order valence-corrected chi connectivity index (χ1v) is 5.29. The Morgan fingerprint density at radius 1 is 1.29 bits per heavy atom. The Morgan fingerprint density at radius 3 is 2.35 bits per heavy atom. The SMILES string of the molecule is CN(C)C(CNC(=O)C(F)F)c1ccccc1. The predicted octanol–water partition coefficient (Wildman–Crippen LogP) is 1.67. The third kappa shape index (κ3) is 4.11. The molecular formula is C12H16F2N2O. The van der Waals surface area contributed by atoms with Crippen LogP contribution in [0.25, 0.3) is 0 Å². The topological polar surface area (TPSA) is 32.3 Å². The molecule has 3 nitrogen and oxygen atoms in total. The summed E-state index contributed by atoms with van der Waals surface area (Å²) in [6, 6.07) is 9.33. The van der Waals surface area contributed by atoms with E-state index in [9.17, 15) is 13.6 Å². The first kappa shape index (κ1) is 13.6. The Balaban J connectivity index is 2.66. The van der Waals surface area contributed by atoms with Gasteiger partial charge >= 0.3 is 6.43 Å². The molecule has 1 amide bonds. The Labute approximate surface area is 99.4 Å². The summed E-state index contributed by atoms with van der Waals surface area (Å²) in [7, 11) is 3.68.